The van der Waals surface area contributed by atoms with Crippen molar-refractivity contribution in [2.45, 2.75) is 40.3 Å². The number of hydrogen-bond acceptors (Lipinski definition) is 6. The molecule has 8 nitrogen and oxygen atoms in total. The molecule has 0 saturated heterocycles. The van der Waals surface area contributed by atoms with E-state index in [1.54, 1.807) is 6.92 Å². The summed E-state index contributed by atoms with van der Waals surface area (Å²) in [6.07, 6.45) is 0.726. The summed E-state index contributed by atoms with van der Waals surface area (Å²) < 4.78 is 6.36. The van der Waals surface area contributed by atoms with Gasteiger partial charge in [-0.05, 0) is 13.5 Å². The Labute approximate surface area is 127 Å². The summed E-state index contributed by atoms with van der Waals surface area (Å²) >= 11 is 0. The van der Waals surface area contributed by atoms with Crippen molar-refractivity contribution in [1.82, 2.24) is 24.6 Å². The van der Waals surface area contributed by atoms with Gasteiger partial charge in [-0.2, -0.15) is 4.98 Å². The normalized spacial score (nSPS) is 11.3. The molecular formula is C14H21N5O3. The Morgan fingerprint density at radius 2 is 2.14 bits per heavy atom. The van der Waals surface area contributed by atoms with Crippen LogP contribution in [0.1, 0.15) is 31.3 Å². The molecule has 2 rings (SSSR count). The molecule has 8 heteroatoms. The van der Waals surface area contributed by atoms with E-state index in [1.165, 1.54) is 10.6 Å². The molecule has 0 atom stereocenters. The summed E-state index contributed by atoms with van der Waals surface area (Å²) in [5.74, 6) is 1.22. The van der Waals surface area contributed by atoms with Crippen molar-refractivity contribution in [1.29, 1.82) is 0 Å². The number of hydrogen-bond donors (Lipinski definition) is 1. The van der Waals surface area contributed by atoms with E-state index in [4.69, 9.17) is 4.52 Å². The number of aryl methyl sites for hydroxylation is 2. The molecule has 0 aliphatic rings. The lowest BCUT2D eigenvalue weighted by Gasteiger charge is -2.18. The Hall–Kier alpha value is -2.22. The first-order chi connectivity index (χ1) is 10.5. The van der Waals surface area contributed by atoms with E-state index in [-0.39, 0.29) is 11.2 Å². The molecule has 0 aromatic carbocycles. The zero-order valence-corrected chi connectivity index (χ0v) is 13.1. The van der Waals surface area contributed by atoms with Crippen LogP contribution in [-0.2, 0) is 19.5 Å². The predicted octanol–water partition coefficient (Wildman–Crippen LogP) is 0.313. The highest BCUT2D eigenvalue weighted by atomic mass is 16.5. The Kier molecular flexibility index (Phi) is 5.26. The van der Waals surface area contributed by atoms with Gasteiger partial charge < -0.3 is 9.51 Å². The highest BCUT2D eigenvalue weighted by Gasteiger charge is 2.11. The molecule has 22 heavy (non-hydrogen) atoms. The largest absolute Gasteiger partial charge is 0.338 e. The summed E-state index contributed by atoms with van der Waals surface area (Å²) in [6, 6.07) is 1.42. The van der Waals surface area contributed by atoms with Crippen molar-refractivity contribution in [3.63, 3.8) is 0 Å². The van der Waals surface area contributed by atoms with E-state index in [0.717, 1.165) is 13.0 Å². The molecule has 0 aliphatic heterocycles. The van der Waals surface area contributed by atoms with Crippen LogP contribution in [-0.4, -0.2) is 37.7 Å². The summed E-state index contributed by atoms with van der Waals surface area (Å²) in [4.78, 5) is 32.6. The number of H-pyrrole nitrogens is 1. The first-order valence-electron chi connectivity index (χ1n) is 7.38. The van der Waals surface area contributed by atoms with Crippen LogP contribution in [0.3, 0.4) is 0 Å². The second kappa shape index (κ2) is 7.17. The molecule has 1 N–H and O–H groups in total. The van der Waals surface area contributed by atoms with E-state index in [9.17, 15) is 9.59 Å². The third kappa shape index (κ3) is 3.91. The van der Waals surface area contributed by atoms with Gasteiger partial charge in [0.1, 0.15) is 0 Å². The first kappa shape index (κ1) is 16.2. The highest BCUT2D eigenvalue weighted by molar-refractivity contribution is 4.96. The predicted molar refractivity (Wildman–Crippen MR) is 80.7 cm³/mol. The number of aromatic amines is 1. The minimum Gasteiger partial charge on any atom is -0.338 e. The van der Waals surface area contributed by atoms with Crippen LogP contribution in [0, 0.1) is 6.92 Å². The van der Waals surface area contributed by atoms with Crippen molar-refractivity contribution >= 4 is 0 Å². The van der Waals surface area contributed by atoms with Crippen LogP contribution in [0.5, 0.6) is 0 Å². The van der Waals surface area contributed by atoms with Gasteiger partial charge in [0.05, 0.1) is 6.54 Å². The van der Waals surface area contributed by atoms with Crippen LogP contribution in [0.2, 0.25) is 0 Å². The van der Waals surface area contributed by atoms with Crippen molar-refractivity contribution < 1.29 is 4.52 Å². The van der Waals surface area contributed by atoms with Gasteiger partial charge in [-0.15, -0.1) is 0 Å². The molecule has 2 aromatic heterocycles. The molecule has 2 aromatic rings. The fourth-order valence-electron chi connectivity index (χ4n) is 2.13. The van der Waals surface area contributed by atoms with E-state index in [2.05, 4.69) is 15.1 Å². The second-order valence-corrected chi connectivity index (χ2v) is 5.07. The van der Waals surface area contributed by atoms with E-state index >= 15 is 0 Å². The van der Waals surface area contributed by atoms with Gasteiger partial charge in [0.15, 0.2) is 5.82 Å². The Morgan fingerprint density at radius 1 is 1.36 bits per heavy atom. The average Bonchev–Trinajstić information content (AvgIpc) is 2.92. The van der Waals surface area contributed by atoms with Crippen molar-refractivity contribution in [3.8, 4) is 0 Å². The zero-order valence-electron chi connectivity index (χ0n) is 13.1. The Morgan fingerprint density at radius 3 is 2.73 bits per heavy atom. The van der Waals surface area contributed by atoms with E-state index in [0.29, 0.717) is 37.0 Å². The van der Waals surface area contributed by atoms with Crippen LogP contribution >= 0.6 is 0 Å². The molecule has 0 saturated carbocycles. The minimum atomic E-state index is -0.382. The maximum absolute atomic E-state index is 11.8. The molecule has 0 spiro atoms. The number of nitrogens with one attached hydrogen (secondary N) is 1. The Balaban J connectivity index is 2.02. The molecular weight excluding hydrogens is 286 g/mol. The number of nitrogens with zero attached hydrogens (tertiary/aromatic N) is 4. The molecule has 0 bridgehead atoms. The lowest BCUT2D eigenvalue weighted by atomic mass is 10.4. The maximum Gasteiger partial charge on any atom is 0.328 e. The zero-order chi connectivity index (χ0) is 16.1. The van der Waals surface area contributed by atoms with E-state index < -0.39 is 0 Å². The van der Waals surface area contributed by atoms with Gasteiger partial charge >= 0.3 is 5.69 Å². The van der Waals surface area contributed by atoms with Crippen LogP contribution in [0.4, 0.5) is 0 Å². The summed E-state index contributed by atoms with van der Waals surface area (Å²) in [6.45, 7) is 7.77. The van der Waals surface area contributed by atoms with Crippen molar-refractivity contribution in [2.75, 3.05) is 13.1 Å². The fourth-order valence-corrected chi connectivity index (χ4v) is 2.13. The smallest absolute Gasteiger partial charge is 0.328 e. The third-order valence-electron chi connectivity index (χ3n) is 3.43. The second-order valence-electron chi connectivity index (χ2n) is 5.07. The first-order valence-corrected chi connectivity index (χ1v) is 7.38. The van der Waals surface area contributed by atoms with Gasteiger partial charge in [0, 0.05) is 31.3 Å². The van der Waals surface area contributed by atoms with Crippen LogP contribution in [0.15, 0.2) is 20.2 Å². The fraction of sp³-hybridized carbons (Fsp3) is 0.571. The monoisotopic (exact) mass is 307 g/mol. The maximum atomic E-state index is 11.8. The van der Waals surface area contributed by atoms with Gasteiger partial charge in [-0.25, -0.2) is 4.79 Å². The molecule has 0 unspecified atom stereocenters. The molecule has 0 radical (unpaired) electrons. The highest BCUT2D eigenvalue weighted by Crippen LogP contribution is 2.03. The van der Waals surface area contributed by atoms with Crippen LogP contribution in [0.25, 0.3) is 0 Å². The van der Waals surface area contributed by atoms with Crippen molar-refractivity contribution in [2.24, 2.45) is 0 Å². The van der Waals surface area contributed by atoms with Gasteiger partial charge in [0.2, 0.25) is 5.89 Å². The summed E-state index contributed by atoms with van der Waals surface area (Å²) in [7, 11) is 0. The third-order valence-corrected chi connectivity index (χ3v) is 3.43. The molecule has 120 valence electrons. The number of likely N-dealkylation sites (N-methyl/N-ethyl adjacent to an activating group) is 1. The lowest BCUT2D eigenvalue weighted by Crippen LogP contribution is -2.39. The van der Waals surface area contributed by atoms with Gasteiger partial charge in [-0.1, -0.05) is 19.0 Å². The summed E-state index contributed by atoms with van der Waals surface area (Å²) in [5, 5.41) is 3.86. The minimum absolute atomic E-state index is 0.289. The topological polar surface area (TPSA) is 97.0 Å². The van der Waals surface area contributed by atoms with Crippen molar-refractivity contribution in [3.05, 3.63) is 44.3 Å². The molecule has 0 aliphatic carbocycles. The lowest BCUT2D eigenvalue weighted by molar-refractivity contribution is 0.226. The number of rotatable bonds is 7. The average molecular weight is 307 g/mol. The van der Waals surface area contributed by atoms with Gasteiger partial charge in [-0.3, -0.25) is 14.3 Å². The summed E-state index contributed by atoms with van der Waals surface area (Å²) in [5.41, 5.74) is -0.105. The standard InChI is InChI=1S/C14H21N5O3/c1-4-11-16-12(22-17-11)9-18(5-2)6-7-19-13(20)8-10(3)15-14(19)21/h8H,4-7,9H2,1-3H3,(H,15,21). The molecule has 2 heterocycles. The SMILES string of the molecule is CCc1noc(CN(CC)CCn2c(=O)cc(C)[nH]c2=O)n1. The van der Waals surface area contributed by atoms with E-state index in [1.807, 2.05) is 18.7 Å². The van der Waals surface area contributed by atoms with Gasteiger partial charge in [0.25, 0.3) is 5.56 Å². The Bertz CT molecular complexity index is 699. The molecule has 0 amide bonds. The quantitative estimate of drug-likeness (QED) is 0.791. The molecule has 0 fully saturated rings. The van der Waals surface area contributed by atoms with Crippen LogP contribution < -0.4 is 11.2 Å². The number of aromatic nitrogens is 4.